The van der Waals surface area contributed by atoms with Gasteiger partial charge in [-0.1, -0.05) is 44.0 Å². The van der Waals surface area contributed by atoms with E-state index >= 15 is 0 Å². The molecule has 2 aliphatic heterocycles. The van der Waals surface area contributed by atoms with Crippen molar-refractivity contribution in [1.29, 1.82) is 0 Å². The fraction of sp³-hybridized carbons (Fsp3) is 0.690. The predicted molar refractivity (Wildman–Crippen MR) is 141 cm³/mol. The summed E-state index contributed by atoms with van der Waals surface area (Å²) in [6, 6.07) is 9.34. The van der Waals surface area contributed by atoms with Crippen LogP contribution in [0.2, 0.25) is 0 Å². The molecule has 1 saturated carbocycles. The molecule has 2 aromatic rings. The van der Waals surface area contributed by atoms with Gasteiger partial charge >= 0.3 is 0 Å². The van der Waals surface area contributed by atoms with Crippen LogP contribution < -0.4 is 5.32 Å². The van der Waals surface area contributed by atoms with Crippen LogP contribution in [-0.2, 0) is 11.4 Å². The molecule has 5 rings (SSSR count). The zero-order chi connectivity index (χ0) is 31.9. The number of nitrogens with one attached hydrogen (secondary N) is 1. The molecular formula is C29H41F2N5O2. The molecule has 1 aromatic heterocycles. The number of amides is 1. The number of rotatable bonds is 9. The number of aromatic nitrogens is 3. The maximum atomic E-state index is 13.7. The third kappa shape index (κ3) is 5.78. The summed E-state index contributed by atoms with van der Waals surface area (Å²) in [6.45, 7) is -5.48. The molecule has 3 fully saturated rings. The molecule has 0 spiro atoms. The molecule has 1 aromatic carbocycles. The largest absolute Gasteiger partial charge is 0.388 e. The third-order valence-corrected chi connectivity index (χ3v) is 8.70. The molecule has 1 aliphatic carbocycles. The van der Waals surface area contributed by atoms with E-state index in [-0.39, 0.29) is 67.4 Å². The third-order valence-electron chi connectivity index (χ3n) is 8.70. The Morgan fingerprint density at radius 2 is 1.79 bits per heavy atom. The van der Waals surface area contributed by atoms with Crippen molar-refractivity contribution in [3.63, 3.8) is 0 Å². The van der Waals surface area contributed by atoms with Gasteiger partial charge in [0.05, 0.1) is 6.04 Å². The van der Waals surface area contributed by atoms with E-state index in [1.807, 2.05) is 30.3 Å². The van der Waals surface area contributed by atoms with E-state index in [9.17, 15) is 18.7 Å². The van der Waals surface area contributed by atoms with Crippen molar-refractivity contribution in [2.45, 2.75) is 114 Å². The molecule has 2 saturated heterocycles. The van der Waals surface area contributed by atoms with Gasteiger partial charge in [0.2, 0.25) is 11.8 Å². The molecule has 2 N–H and O–H groups in total. The van der Waals surface area contributed by atoms with Gasteiger partial charge in [-0.25, -0.2) is 8.78 Å². The van der Waals surface area contributed by atoms with Gasteiger partial charge < -0.3 is 15.0 Å². The quantitative estimate of drug-likeness (QED) is 0.465. The van der Waals surface area contributed by atoms with Crippen molar-refractivity contribution in [3.05, 3.63) is 47.5 Å². The SMILES string of the molecule is [2H]C([2H])([2H])C(c1nnc(CO)n1C1CC2CCC(C1)N2CC[C@H](NC(=O)C1CCC(F)(F)CC1)c1ccccc1)C([2H])([2H])[2H]. The highest BCUT2D eigenvalue weighted by Crippen LogP contribution is 2.43. The van der Waals surface area contributed by atoms with E-state index in [0.717, 1.165) is 18.4 Å². The summed E-state index contributed by atoms with van der Waals surface area (Å²) in [5.41, 5.74) is 0.950. The highest BCUT2D eigenvalue weighted by Gasteiger charge is 2.43. The van der Waals surface area contributed by atoms with Gasteiger partial charge in [0.25, 0.3) is 0 Å². The van der Waals surface area contributed by atoms with E-state index in [1.54, 1.807) is 4.57 Å². The van der Waals surface area contributed by atoms with E-state index < -0.39 is 38.1 Å². The van der Waals surface area contributed by atoms with Crippen LogP contribution in [-0.4, -0.2) is 55.2 Å². The summed E-state index contributed by atoms with van der Waals surface area (Å²) in [5.74, 6) is -5.13. The zero-order valence-corrected chi connectivity index (χ0v) is 21.5. The minimum absolute atomic E-state index is 0.132. The number of halogens is 2. The van der Waals surface area contributed by atoms with Gasteiger partial charge in [-0.15, -0.1) is 10.2 Å². The van der Waals surface area contributed by atoms with Crippen molar-refractivity contribution >= 4 is 5.91 Å². The Balaban J connectivity index is 1.30. The Labute approximate surface area is 232 Å². The molecule has 38 heavy (non-hydrogen) atoms. The number of hydrogen-bond acceptors (Lipinski definition) is 5. The molecule has 3 aliphatic rings. The number of fused-ring (bicyclic) bond motifs is 2. The number of carbonyl (C=O) groups is 1. The Morgan fingerprint density at radius 3 is 2.42 bits per heavy atom. The Hall–Kier alpha value is -2.39. The van der Waals surface area contributed by atoms with E-state index in [0.29, 0.717) is 25.8 Å². The van der Waals surface area contributed by atoms with E-state index in [1.165, 1.54) is 0 Å². The number of alkyl halides is 2. The van der Waals surface area contributed by atoms with Crippen LogP contribution in [0.1, 0.15) is 115 Å². The molecule has 208 valence electrons. The lowest BCUT2D eigenvalue weighted by molar-refractivity contribution is -0.130. The minimum atomic E-state index is -2.84. The van der Waals surface area contributed by atoms with Crippen molar-refractivity contribution in [2.24, 2.45) is 5.92 Å². The van der Waals surface area contributed by atoms with Crippen LogP contribution in [0, 0.1) is 5.92 Å². The average Bonchev–Trinajstić information content (AvgIpc) is 3.45. The fourth-order valence-corrected chi connectivity index (χ4v) is 6.74. The number of aliphatic hydroxyl groups excluding tert-OH is 1. The van der Waals surface area contributed by atoms with Gasteiger partial charge in [-0.05, 0) is 50.5 Å². The number of piperidine rings is 1. The van der Waals surface area contributed by atoms with Gasteiger partial charge in [0.1, 0.15) is 12.4 Å². The lowest BCUT2D eigenvalue weighted by atomic mass is 9.86. The standard InChI is InChI=1S/C29H41F2N5O2/c1-19(2)27-34-33-26(18-37)36(27)24-16-22-8-9-23(17-24)35(22)15-12-25(20-6-4-3-5-7-20)32-28(38)21-10-13-29(30,31)14-11-21/h3-7,19,21-25,37H,8-18H2,1-2H3,(H,32,38)/t22?,23?,24?,25-/m0/s1/i1D3,2D3. The number of hydrogen-bond donors (Lipinski definition) is 2. The van der Waals surface area contributed by atoms with Crippen molar-refractivity contribution < 1.29 is 26.9 Å². The molecular weight excluding hydrogens is 488 g/mol. The summed E-state index contributed by atoms with van der Waals surface area (Å²) < 4.78 is 76.6. The Kier molecular flexibility index (Phi) is 6.14. The molecule has 1 amide bonds. The Bertz CT molecular complexity index is 1250. The molecule has 3 heterocycles. The lowest BCUT2D eigenvalue weighted by Gasteiger charge is -2.41. The zero-order valence-electron chi connectivity index (χ0n) is 27.5. The van der Waals surface area contributed by atoms with Crippen LogP contribution >= 0.6 is 0 Å². The number of carbonyl (C=O) groups excluding carboxylic acids is 1. The molecule has 7 nitrogen and oxygen atoms in total. The topological polar surface area (TPSA) is 83.3 Å². The predicted octanol–water partition coefficient (Wildman–Crippen LogP) is 5.13. The first kappa shape index (κ1) is 20.5. The number of benzene rings is 1. The summed E-state index contributed by atoms with van der Waals surface area (Å²) in [4.78, 5) is 15.6. The highest BCUT2D eigenvalue weighted by atomic mass is 19.3. The van der Waals surface area contributed by atoms with Gasteiger partial charge in [0.15, 0.2) is 5.82 Å². The van der Waals surface area contributed by atoms with Crippen LogP contribution in [0.5, 0.6) is 0 Å². The molecule has 3 atom stereocenters. The second-order valence-corrected chi connectivity index (χ2v) is 11.1. The molecule has 2 bridgehead atoms. The molecule has 9 heteroatoms. The second-order valence-electron chi connectivity index (χ2n) is 11.1. The number of aliphatic hydroxyl groups is 1. The van der Waals surface area contributed by atoms with Crippen LogP contribution in [0.3, 0.4) is 0 Å². The smallest absolute Gasteiger partial charge is 0.248 e. The van der Waals surface area contributed by atoms with Crippen LogP contribution in [0.25, 0.3) is 0 Å². The highest BCUT2D eigenvalue weighted by molar-refractivity contribution is 5.79. The van der Waals surface area contributed by atoms with Gasteiger partial charge in [-0.2, -0.15) is 0 Å². The number of nitrogens with zero attached hydrogens (tertiary/aromatic N) is 4. The summed E-state index contributed by atoms with van der Waals surface area (Å²) in [7, 11) is 0. The maximum absolute atomic E-state index is 13.7. The molecule has 2 unspecified atom stereocenters. The first-order valence-corrected chi connectivity index (χ1v) is 13.7. The summed E-state index contributed by atoms with van der Waals surface area (Å²) in [6.07, 6.45) is 3.46. The van der Waals surface area contributed by atoms with Crippen LogP contribution in [0.15, 0.2) is 30.3 Å². The average molecular weight is 536 g/mol. The maximum Gasteiger partial charge on any atom is 0.248 e. The normalized spacial score (nSPS) is 29.5. The molecule has 0 radical (unpaired) electrons. The fourth-order valence-electron chi connectivity index (χ4n) is 6.74. The van der Waals surface area contributed by atoms with Crippen molar-refractivity contribution in [1.82, 2.24) is 25.0 Å². The summed E-state index contributed by atoms with van der Waals surface area (Å²) in [5, 5.41) is 21.1. The monoisotopic (exact) mass is 535 g/mol. The Morgan fingerprint density at radius 1 is 1.11 bits per heavy atom. The van der Waals surface area contributed by atoms with Crippen molar-refractivity contribution in [3.8, 4) is 0 Å². The summed E-state index contributed by atoms with van der Waals surface area (Å²) >= 11 is 0. The van der Waals surface area contributed by atoms with Crippen molar-refractivity contribution in [2.75, 3.05) is 6.54 Å². The van der Waals surface area contributed by atoms with Gasteiger partial charge in [0, 0.05) is 57.6 Å². The first-order valence-electron chi connectivity index (χ1n) is 16.7. The second kappa shape index (κ2) is 11.4. The lowest BCUT2D eigenvalue weighted by Crippen LogP contribution is -2.45. The van der Waals surface area contributed by atoms with Crippen LogP contribution in [0.4, 0.5) is 8.78 Å². The van der Waals surface area contributed by atoms with E-state index in [4.69, 9.17) is 8.22 Å². The first-order chi connectivity index (χ1) is 20.7. The van der Waals surface area contributed by atoms with Gasteiger partial charge in [-0.3, -0.25) is 9.69 Å². The van der Waals surface area contributed by atoms with E-state index in [2.05, 4.69) is 20.4 Å². The minimum Gasteiger partial charge on any atom is -0.388 e.